The van der Waals surface area contributed by atoms with E-state index in [1.54, 1.807) is 18.3 Å². The Morgan fingerprint density at radius 2 is 1.25 bits per heavy atom. The van der Waals surface area contributed by atoms with E-state index in [0.717, 1.165) is 5.56 Å². The monoisotopic (exact) mass is 542 g/mol. The first-order valence-corrected chi connectivity index (χ1v) is 15.7. The highest BCUT2D eigenvalue weighted by Crippen LogP contribution is 2.45. The number of thiophene rings is 4. The van der Waals surface area contributed by atoms with Gasteiger partial charge in [-0.05, 0) is 99.3 Å². The molecular formula is C32H30S4. The van der Waals surface area contributed by atoms with Gasteiger partial charge in [0.2, 0.25) is 0 Å². The van der Waals surface area contributed by atoms with Gasteiger partial charge in [0.15, 0.2) is 0 Å². The Kier molecular flexibility index (Phi) is 9.69. The molecule has 0 unspecified atom stereocenters. The van der Waals surface area contributed by atoms with Crippen molar-refractivity contribution in [1.82, 2.24) is 0 Å². The Morgan fingerprint density at radius 3 is 1.97 bits per heavy atom. The van der Waals surface area contributed by atoms with Crippen molar-refractivity contribution in [3.63, 3.8) is 0 Å². The first-order valence-electron chi connectivity index (χ1n) is 12.4. The highest BCUT2D eigenvalue weighted by Gasteiger charge is 2.15. The molecule has 0 nitrogen and oxygen atoms in total. The first kappa shape index (κ1) is 26.5. The average molecular weight is 543 g/mol. The minimum Gasteiger partial charge on any atom is -0.139 e. The fraction of sp³-hybridized carbons (Fsp3) is 0.312. The van der Waals surface area contributed by atoms with E-state index in [4.69, 9.17) is 0 Å². The van der Waals surface area contributed by atoms with Crippen molar-refractivity contribution in [2.75, 3.05) is 0 Å². The largest absolute Gasteiger partial charge is 0.139 e. The molecule has 0 aromatic carbocycles. The minimum atomic E-state index is 1.05. The summed E-state index contributed by atoms with van der Waals surface area (Å²) in [4.78, 5) is 10.7. The van der Waals surface area contributed by atoms with Crippen molar-refractivity contribution in [1.29, 1.82) is 0 Å². The molecule has 0 saturated carbocycles. The highest BCUT2D eigenvalue weighted by atomic mass is 32.1. The minimum absolute atomic E-state index is 1.05. The molecule has 4 heteroatoms. The van der Waals surface area contributed by atoms with Crippen LogP contribution in [0.25, 0.3) is 29.3 Å². The summed E-state index contributed by atoms with van der Waals surface area (Å²) >= 11 is 7.51. The number of hydrogen-bond donors (Lipinski definition) is 0. The van der Waals surface area contributed by atoms with Gasteiger partial charge in [0, 0.05) is 39.7 Å². The highest BCUT2D eigenvalue weighted by molar-refractivity contribution is 7.28. The number of unbranched alkanes of at least 4 members (excludes halogenated alkanes) is 4. The molecule has 0 atom stereocenters. The van der Waals surface area contributed by atoms with Crippen molar-refractivity contribution < 1.29 is 0 Å². The van der Waals surface area contributed by atoms with Crippen molar-refractivity contribution in [2.24, 2.45) is 0 Å². The third-order valence-corrected chi connectivity index (χ3v) is 10.6. The van der Waals surface area contributed by atoms with Crippen LogP contribution in [0.15, 0.2) is 36.4 Å². The van der Waals surface area contributed by atoms with Crippen LogP contribution in [0.2, 0.25) is 0 Å². The Hall–Kier alpha value is -2.52. The number of rotatable bonds is 9. The molecule has 0 aliphatic rings. The van der Waals surface area contributed by atoms with Gasteiger partial charge in [0.25, 0.3) is 0 Å². The quantitative estimate of drug-likeness (QED) is 0.146. The van der Waals surface area contributed by atoms with Crippen molar-refractivity contribution in [3.8, 4) is 64.8 Å². The topological polar surface area (TPSA) is 0 Å². The van der Waals surface area contributed by atoms with Crippen LogP contribution in [0, 0.1) is 49.4 Å². The second kappa shape index (κ2) is 13.1. The van der Waals surface area contributed by atoms with Gasteiger partial charge in [-0.2, -0.15) is 0 Å². The maximum absolute atomic E-state index is 3.23. The summed E-state index contributed by atoms with van der Waals surface area (Å²) in [6.45, 7) is 8.43. The van der Waals surface area contributed by atoms with Crippen LogP contribution in [0.4, 0.5) is 0 Å². The SMILES string of the molecule is CC#CC#CC#Cc1cc(C)sc1-c1ccc(-c2ccc(-c3sc(C)cc3CCCCCCC)s2)s1. The second-order valence-electron chi connectivity index (χ2n) is 8.68. The van der Waals surface area contributed by atoms with Gasteiger partial charge < -0.3 is 0 Å². The molecule has 4 rings (SSSR count). The van der Waals surface area contributed by atoms with E-state index in [1.165, 1.54) is 83.1 Å². The summed E-state index contributed by atoms with van der Waals surface area (Å²) < 4.78 is 0. The zero-order valence-corrected chi connectivity index (χ0v) is 24.6. The second-order valence-corrected chi connectivity index (χ2v) is 13.4. The summed E-state index contributed by atoms with van der Waals surface area (Å²) in [5.41, 5.74) is 2.58. The van der Waals surface area contributed by atoms with E-state index in [0.29, 0.717) is 0 Å². The van der Waals surface area contributed by atoms with E-state index in [9.17, 15) is 0 Å². The van der Waals surface area contributed by atoms with Gasteiger partial charge >= 0.3 is 0 Å². The zero-order chi connectivity index (χ0) is 25.3. The summed E-state index contributed by atoms with van der Waals surface area (Å²) in [5.74, 6) is 17.3. The standard InChI is InChI=1S/C32H30S4/c1-5-7-9-11-13-15-25-21-23(3)33-31(25)29-19-17-27(35-29)28-18-20-30(36-28)32-26(22-24(4)34-32)16-14-12-10-8-6-2/h17-22H,5,7,9,11,13,15H2,1-4H3. The smallest absolute Gasteiger partial charge is 0.0602 e. The molecule has 4 aromatic heterocycles. The molecule has 0 N–H and O–H groups in total. The molecule has 0 amide bonds. The predicted octanol–water partition coefficient (Wildman–Crippen LogP) is 10.4. The van der Waals surface area contributed by atoms with Gasteiger partial charge in [-0.3, -0.25) is 0 Å². The lowest BCUT2D eigenvalue weighted by Gasteiger charge is -2.02. The predicted molar refractivity (Wildman–Crippen MR) is 164 cm³/mol. The summed E-state index contributed by atoms with van der Waals surface area (Å²) in [7, 11) is 0. The van der Waals surface area contributed by atoms with E-state index in [1.807, 2.05) is 34.0 Å². The molecule has 0 spiro atoms. The van der Waals surface area contributed by atoms with Crippen LogP contribution in [0.1, 0.15) is 66.8 Å². The molecular weight excluding hydrogens is 513 g/mol. The molecule has 0 saturated heterocycles. The first-order chi connectivity index (χ1) is 17.6. The number of aryl methyl sites for hydroxylation is 3. The third kappa shape index (κ3) is 6.82. The van der Waals surface area contributed by atoms with E-state index >= 15 is 0 Å². The fourth-order valence-electron chi connectivity index (χ4n) is 4.08. The lowest BCUT2D eigenvalue weighted by Crippen LogP contribution is -1.85. The third-order valence-electron chi connectivity index (χ3n) is 5.75. The Morgan fingerprint density at radius 1 is 0.639 bits per heavy atom. The van der Waals surface area contributed by atoms with Gasteiger partial charge in [-0.25, -0.2) is 0 Å². The van der Waals surface area contributed by atoms with E-state index in [-0.39, 0.29) is 0 Å². The van der Waals surface area contributed by atoms with Crippen LogP contribution in [-0.2, 0) is 6.42 Å². The number of hydrogen-bond acceptors (Lipinski definition) is 4. The van der Waals surface area contributed by atoms with Crippen LogP contribution in [0.5, 0.6) is 0 Å². The molecule has 0 fully saturated rings. The lowest BCUT2D eigenvalue weighted by atomic mass is 10.1. The Labute approximate surface area is 232 Å². The molecule has 0 radical (unpaired) electrons. The summed E-state index contributed by atoms with van der Waals surface area (Å²) in [5, 5.41) is 0. The summed E-state index contributed by atoms with van der Waals surface area (Å²) in [6, 6.07) is 13.7. The molecule has 4 aromatic rings. The van der Waals surface area contributed by atoms with Gasteiger partial charge in [-0.15, -0.1) is 45.3 Å². The molecule has 4 heterocycles. The molecule has 0 aliphatic heterocycles. The van der Waals surface area contributed by atoms with Crippen molar-refractivity contribution in [3.05, 3.63) is 57.3 Å². The lowest BCUT2D eigenvalue weighted by molar-refractivity contribution is 0.633. The van der Waals surface area contributed by atoms with Gasteiger partial charge in [-0.1, -0.05) is 44.4 Å². The van der Waals surface area contributed by atoms with Crippen LogP contribution < -0.4 is 0 Å². The van der Waals surface area contributed by atoms with Crippen LogP contribution in [0.3, 0.4) is 0 Å². The average Bonchev–Trinajstić information content (AvgIpc) is 3.65. The van der Waals surface area contributed by atoms with Gasteiger partial charge in [0.1, 0.15) is 0 Å². The molecule has 0 aliphatic carbocycles. The Bertz CT molecular complexity index is 1500. The summed E-state index contributed by atoms with van der Waals surface area (Å²) in [6.07, 6.45) is 7.83. The van der Waals surface area contributed by atoms with Crippen LogP contribution >= 0.6 is 45.3 Å². The molecule has 182 valence electrons. The van der Waals surface area contributed by atoms with E-state index in [2.05, 4.69) is 92.7 Å². The zero-order valence-electron chi connectivity index (χ0n) is 21.3. The maximum Gasteiger partial charge on any atom is 0.0602 e. The Balaban J connectivity index is 1.53. The van der Waals surface area contributed by atoms with Gasteiger partial charge in [0.05, 0.1) is 4.88 Å². The van der Waals surface area contributed by atoms with E-state index < -0.39 is 0 Å². The fourth-order valence-corrected chi connectivity index (χ4v) is 8.48. The molecule has 36 heavy (non-hydrogen) atoms. The normalized spacial score (nSPS) is 10.2. The van der Waals surface area contributed by atoms with Crippen molar-refractivity contribution >= 4 is 45.3 Å². The van der Waals surface area contributed by atoms with Crippen molar-refractivity contribution in [2.45, 2.75) is 66.2 Å². The maximum atomic E-state index is 3.23. The van der Waals surface area contributed by atoms with Crippen LogP contribution in [-0.4, -0.2) is 0 Å². The molecule has 0 bridgehead atoms.